The summed E-state index contributed by atoms with van der Waals surface area (Å²) >= 11 is 0. The van der Waals surface area contributed by atoms with Crippen molar-refractivity contribution >= 4 is 10.0 Å². The summed E-state index contributed by atoms with van der Waals surface area (Å²) in [4.78, 5) is 4.76. The number of benzene rings is 1. The van der Waals surface area contributed by atoms with E-state index in [9.17, 15) is 8.42 Å². The van der Waals surface area contributed by atoms with E-state index in [2.05, 4.69) is 30.5 Å². The van der Waals surface area contributed by atoms with E-state index in [1.165, 1.54) is 11.9 Å². The van der Waals surface area contributed by atoms with Crippen molar-refractivity contribution in [2.75, 3.05) is 19.3 Å². The Morgan fingerprint density at radius 1 is 1.19 bits per heavy atom. The molecule has 0 radical (unpaired) electrons. The summed E-state index contributed by atoms with van der Waals surface area (Å²) in [5.41, 5.74) is 3.51. The zero-order valence-corrected chi connectivity index (χ0v) is 16.7. The molecule has 0 bridgehead atoms. The molecule has 0 N–H and O–H groups in total. The van der Waals surface area contributed by atoms with Crippen LogP contribution < -0.4 is 0 Å². The number of hydrogen-bond donors (Lipinski definition) is 0. The first kappa shape index (κ1) is 19.1. The molecule has 2 heterocycles. The third kappa shape index (κ3) is 4.01. The van der Waals surface area contributed by atoms with Crippen molar-refractivity contribution in [3.8, 4) is 11.3 Å². The Morgan fingerprint density at radius 3 is 2.42 bits per heavy atom. The fourth-order valence-corrected chi connectivity index (χ4v) is 4.86. The topological polar surface area (TPSA) is 55.2 Å². The molecule has 26 heavy (non-hydrogen) atoms. The van der Waals surface area contributed by atoms with Crippen LogP contribution in [-0.2, 0) is 10.0 Å². The molecule has 1 aromatic carbocycles. The quantitative estimate of drug-likeness (QED) is 0.765. The molecule has 5 nitrogen and oxygen atoms in total. The molecule has 1 saturated heterocycles. The maximum Gasteiger partial charge on any atom is 0.211 e. The van der Waals surface area contributed by atoms with Gasteiger partial charge in [0.05, 0.1) is 18.3 Å². The molecule has 2 aromatic rings. The summed E-state index contributed by atoms with van der Waals surface area (Å²) in [7, 11) is -3.10. The van der Waals surface area contributed by atoms with Crippen LogP contribution in [0.15, 0.2) is 36.7 Å². The average Bonchev–Trinajstić information content (AvgIpc) is 3.07. The van der Waals surface area contributed by atoms with Crippen LogP contribution in [0.1, 0.15) is 57.2 Å². The average molecular weight is 376 g/mol. The van der Waals surface area contributed by atoms with Gasteiger partial charge in [0.25, 0.3) is 0 Å². The summed E-state index contributed by atoms with van der Waals surface area (Å²) in [5, 5.41) is 0. The molecule has 1 aliphatic rings. The van der Waals surface area contributed by atoms with Crippen LogP contribution in [0.2, 0.25) is 0 Å². The predicted octanol–water partition coefficient (Wildman–Crippen LogP) is 4.05. The lowest BCUT2D eigenvalue weighted by Gasteiger charge is -2.32. The maximum absolute atomic E-state index is 11.8. The Morgan fingerprint density at radius 2 is 1.85 bits per heavy atom. The summed E-state index contributed by atoms with van der Waals surface area (Å²) in [6, 6.07) is 10.7. The molecule has 6 heteroatoms. The van der Waals surface area contributed by atoms with Crippen molar-refractivity contribution in [3.05, 3.63) is 42.4 Å². The zero-order valence-electron chi connectivity index (χ0n) is 15.9. The van der Waals surface area contributed by atoms with Crippen molar-refractivity contribution in [2.24, 2.45) is 0 Å². The minimum atomic E-state index is -3.10. The van der Waals surface area contributed by atoms with Crippen LogP contribution in [0.5, 0.6) is 0 Å². The second-order valence-corrected chi connectivity index (χ2v) is 9.32. The molecule has 0 aliphatic carbocycles. The number of sulfonamides is 1. The van der Waals surface area contributed by atoms with Crippen LogP contribution in [0.4, 0.5) is 0 Å². The van der Waals surface area contributed by atoms with E-state index in [0.29, 0.717) is 25.0 Å². The molecule has 3 rings (SSSR count). The molecular weight excluding hydrogens is 346 g/mol. The van der Waals surface area contributed by atoms with Gasteiger partial charge in [-0.2, -0.15) is 0 Å². The number of hydrogen-bond acceptors (Lipinski definition) is 3. The second-order valence-electron chi connectivity index (χ2n) is 7.33. The molecule has 1 fully saturated rings. The van der Waals surface area contributed by atoms with Crippen molar-refractivity contribution in [1.82, 2.24) is 13.9 Å². The normalized spacial score (nSPS) is 18.1. The zero-order chi connectivity index (χ0) is 18.7. The summed E-state index contributed by atoms with van der Waals surface area (Å²) in [6.07, 6.45) is 7.19. The number of aromatic nitrogens is 2. The van der Waals surface area contributed by atoms with E-state index in [4.69, 9.17) is 4.98 Å². The third-order valence-corrected chi connectivity index (χ3v) is 6.66. The highest BCUT2D eigenvalue weighted by atomic mass is 32.2. The highest BCUT2D eigenvalue weighted by Crippen LogP contribution is 2.35. The first-order valence-electron chi connectivity index (χ1n) is 9.49. The minimum absolute atomic E-state index is 0.312. The van der Waals surface area contributed by atoms with Crippen LogP contribution in [0, 0.1) is 0 Å². The van der Waals surface area contributed by atoms with E-state index in [1.54, 1.807) is 4.31 Å². The van der Waals surface area contributed by atoms with E-state index in [1.807, 2.05) is 24.5 Å². The van der Waals surface area contributed by atoms with Gasteiger partial charge in [0.1, 0.15) is 0 Å². The molecular formula is C20H29N3O2S. The molecule has 1 aromatic heterocycles. The van der Waals surface area contributed by atoms with Crippen LogP contribution in [-0.4, -0.2) is 41.6 Å². The van der Waals surface area contributed by atoms with Gasteiger partial charge in [-0.1, -0.05) is 50.6 Å². The summed E-state index contributed by atoms with van der Waals surface area (Å²) in [5.74, 6) is 0.422. The molecule has 0 saturated carbocycles. The second kappa shape index (κ2) is 7.92. The highest BCUT2D eigenvalue weighted by Gasteiger charge is 2.29. The molecule has 0 spiro atoms. The van der Waals surface area contributed by atoms with E-state index < -0.39 is 10.0 Å². The smallest absolute Gasteiger partial charge is 0.211 e. The molecule has 142 valence electrons. The van der Waals surface area contributed by atoms with Gasteiger partial charge in [-0.15, -0.1) is 0 Å². The number of rotatable bonds is 6. The fraction of sp³-hybridized carbons (Fsp3) is 0.550. The number of piperidine rings is 1. The molecule has 1 atom stereocenters. The lowest BCUT2D eigenvalue weighted by Crippen LogP contribution is -2.38. The van der Waals surface area contributed by atoms with Crippen LogP contribution in [0.3, 0.4) is 0 Å². The molecule has 0 amide bonds. The molecule has 1 unspecified atom stereocenters. The Hall–Kier alpha value is -1.66. The van der Waals surface area contributed by atoms with Gasteiger partial charge in [0, 0.05) is 30.4 Å². The van der Waals surface area contributed by atoms with Crippen molar-refractivity contribution in [2.45, 2.75) is 51.5 Å². The SMILES string of the molecule is CCCC(C)c1c(-c2ccccc2)ncn1C1CCN(S(C)(=O)=O)CC1. The highest BCUT2D eigenvalue weighted by molar-refractivity contribution is 7.88. The van der Waals surface area contributed by atoms with Gasteiger partial charge in [-0.05, 0) is 25.2 Å². The van der Waals surface area contributed by atoms with E-state index in [0.717, 1.165) is 36.9 Å². The largest absolute Gasteiger partial charge is 0.331 e. The Bertz CT molecular complexity index is 822. The van der Waals surface area contributed by atoms with Crippen LogP contribution in [0.25, 0.3) is 11.3 Å². The maximum atomic E-state index is 11.8. The monoisotopic (exact) mass is 375 g/mol. The van der Waals surface area contributed by atoms with Crippen molar-refractivity contribution in [3.63, 3.8) is 0 Å². The van der Waals surface area contributed by atoms with Crippen LogP contribution >= 0.6 is 0 Å². The Labute approximate surface area is 157 Å². The first-order chi connectivity index (χ1) is 12.4. The lowest BCUT2D eigenvalue weighted by atomic mass is 9.96. The number of imidazole rings is 1. The summed E-state index contributed by atoms with van der Waals surface area (Å²) < 4.78 is 27.5. The van der Waals surface area contributed by atoms with Gasteiger partial charge in [0.15, 0.2) is 0 Å². The van der Waals surface area contributed by atoms with Crippen molar-refractivity contribution < 1.29 is 8.42 Å². The minimum Gasteiger partial charge on any atom is -0.331 e. The third-order valence-electron chi connectivity index (χ3n) is 5.35. The van der Waals surface area contributed by atoms with E-state index >= 15 is 0 Å². The van der Waals surface area contributed by atoms with E-state index in [-0.39, 0.29) is 0 Å². The Kier molecular flexibility index (Phi) is 5.82. The van der Waals surface area contributed by atoms with Gasteiger partial charge < -0.3 is 4.57 Å². The van der Waals surface area contributed by atoms with Crippen molar-refractivity contribution in [1.29, 1.82) is 0 Å². The summed E-state index contributed by atoms with van der Waals surface area (Å²) in [6.45, 7) is 5.66. The first-order valence-corrected chi connectivity index (χ1v) is 11.3. The van der Waals surface area contributed by atoms with Gasteiger partial charge in [-0.3, -0.25) is 0 Å². The van der Waals surface area contributed by atoms with Gasteiger partial charge in [0.2, 0.25) is 10.0 Å². The predicted molar refractivity (Wildman–Crippen MR) is 106 cm³/mol. The standard InChI is InChI=1S/C20H29N3O2S/c1-4-8-16(2)20-19(17-9-6-5-7-10-17)21-15-23(20)18-11-13-22(14-12-18)26(3,24)25/h5-7,9-10,15-16,18H,4,8,11-14H2,1-3H3. The number of nitrogens with zero attached hydrogens (tertiary/aromatic N) is 3. The fourth-order valence-electron chi connectivity index (χ4n) is 3.99. The molecule has 1 aliphatic heterocycles. The van der Waals surface area contributed by atoms with Gasteiger partial charge in [-0.25, -0.2) is 17.7 Å². The van der Waals surface area contributed by atoms with Gasteiger partial charge >= 0.3 is 0 Å². The Balaban J connectivity index is 1.91. The lowest BCUT2D eigenvalue weighted by molar-refractivity contribution is 0.270.